The second-order valence-corrected chi connectivity index (χ2v) is 17.1. The Morgan fingerprint density at radius 1 is 0.726 bits per heavy atom. The van der Waals surface area contributed by atoms with E-state index < -0.39 is 121 Å². The smallest absolute Gasteiger partial charge is 0.405 e. The maximum absolute atomic E-state index is 14.2. The van der Waals surface area contributed by atoms with Crippen LogP contribution in [0.25, 0.3) is 0 Å². The Morgan fingerprint density at radius 2 is 1.33 bits per heavy atom. The topological polar surface area (TPSA) is 361 Å². The van der Waals surface area contributed by atoms with Crippen molar-refractivity contribution in [1.82, 2.24) is 31.5 Å². The number of amides is 6. The molecule has 0 aliphatic heterocycles. The van der Waals surface area contributed by atoms with E-state index in [4.69, 9.17) is 5.11 Å². The van der Waals surface area contributed by atoms with Crippen molar-refractivity contribution in [1.29, 1.82) is 0 Å². The molecule has 9 N–H and O–H groups in total. The molecule has 0 aliphatic rings. The first-order valence-corrected chi connectivity index (χ1v) is 23.7. The lowest BCUT2D eigenvalue weighted by Gasteiger charge is -2.23. The SMILES string of the molecule is CN[C@@H](CNC(=O)[C@@H](CC(=O)[C@H](Cc1ccccc1)NC(=O)CCCCC(=O)CC[C@H](NC(=O)N[C@@H](CCC(=O)O)OC=O)C(=O)O)Cc1ccccc1)C(=O)[N+](C)=C(CC(=O)O)C(=O)N(C)[C@@H](CS)C(=O)O. The van der Waals surface area contributed by atoms with Crippen LogP contribution < -0.4 is 26.6 Å². The summed E-state index contributed by atoms with van der Waals surface area (Å²) in [6.45, 7) is -0.404. The number of likely N-dealkylation sites (N-methyl/N-ethyl adjacent to an activating group) is 3. The number of Topliss-reactive ketones (excluding diaryl/α,β-unsaturated/α-hetero) is 2. The van der Waals surface area contributed by atoms with Crippen molar-refractivity contribution in [2.24, 2.45) is 5.92 Å². The van der Waals surface area contributed by atoms with E-state index in [0.29, 0.717) is 11.1 Å². The van der Waals surface area contributed by atoms with Gasteiger partial charge < -0.3 is 56.6 Å². The Balaban J connectivity index is 2.18. The quantitative estimate of drug-likeness (QED) is 0.0110. The fourth-order valence-corrected chi connectivity index (χ4v) is 7.66. The number of unbranched alkanes of at least 4 members (excludes halogenated alkanes) is 1. The normalized spacial score (nSPS) is 13.7. The highest BCUT2D eigenvalue weighted by atomic mass is 32.1. The van der Waals surface area contributed by atoms with Crippen molar-refractivity contribution in [3.8, 4) is 0 Å². The Labute approximate surface area is 426 Å². The average Bonchev–Trinajstić information content (AvgIpc) is 3.34. The number of carboxylic acid groups (broad SMARTS) is 4. The maximum atomic E-state index is 14.2. The number of thiol groups is 1. The molecule has 0 aromatic heterocycles. The number of hydrogen-bond acceptors (Lipinski definition) is 15. The van der Waals surface area contributed by atoms with Crippen LogP contribution in [0.3, 0.4) is 0 Å². The zero-order valence-electron chi connectivity index (χ0n) is 40.7. The zero-order valence-corrected chi connectivity index (χ0v) is 41.5. The van der Waals surface area contributed by atoms with Gasteiger partial charge in [0.2, 0.25) is 11.8 Å². The Morgan fingerprint density at radius 3 is 1.86 bits per heavy atom. The first-order valence-electron chi connectivity index (χ1n) is 23.0. The van der Waals surface area contributed by atoms with Crippen LogP contribution >= 0.6 is 12.6 Å². The Kier molecular flexibility index (Phi) is 27.4. The van der Waals surface area contributed by atoms with Crippen molar-refractivity contribution >= 4 is 89.9 Å². The summed E-state index contributed by atoms with van der Waals surface area (Å²) in [6.07, 6.45) is -3.61. The number of ether oxygens (including phenoxy) is 1. The van der Waals surface area contributed by atoms with Gasteiger partial charge in [-0.1, -0.05) is 60.7 Å². The molecule has 0 aliphatic carbocycles. The molecular formula is C48H64N7O17S+. The monoisotopic (exact) mass is 1040 g/mol. The molecule has 2 rings (SSSR count). The molecule has 0 unspecified atom stereocenters. The van der Waals surface area contributed by atoms with Crippen molar-refractivity contribution in [3.63, 3.8) is 0 Å². The molecule has 0 heterocycles. The molecule has 24 nitrogen and oxygen atoms in total. The third kappa shape index (κ3) is 22.6. The van der Waals surface area contributed by atoms with Crippen LogP contribution in [0, 0.1) is 5.92 Å². The molecule has 25 heteroatoms. The predicted octanol–water partition coefficient (Wildman–Crippen LogP) is 0.188. The molecule has 0 saturated heterocycles. The van der Waals surface area contributed by atoms with E-state index in [1.165, 1.54) is 7.05 Å². The summed E-state index contributed by atoms with van der Waals surface area (Å²) >= 11 is 3.97. The van der Waals surface area contributed by atoms with Crippen molar-refractivity contribution in [2.75, 3.05) is 33.4 Å². The molecule has 0 spiro atoms. The number of carbonyl (C=O) groups is 12. The Hall–Kier alpha value is -7.54. The molecule has 2 aromatic carbocycles. The third-order valence-electron chi connectivity index (χ3n) is 11.4. The van der Waals surface area contributed by atoms with Crippen molar-refractivity contribution in [2.45, 2.75) is 107 Å². The van der Waals surface area contributed by atoms with E-state index in [-0.39, 0.29) is 82.2 Å². The van der Waals surface area contributed by atoms with Gasteiger partial charge in [0.05, 0.1) is 12.5 Å². The van der Waals surface area contributed by atoms with Gasteiger partial charge in [0.25, 0.3) is 12.2 Å². The largest absolute Gasteiger partial charge is 0.481 e. The van der Waals surface area contributed by atoms with Gasteiger partial charge in [-0.2, -0.15) is 17.2 Å². The summed E-state index contributed by atoms with van der Waals surface area (Å²) in [7, 11) is 3.65. The van der Waals surface area contributed by atoms with E-state index in [2.05, 4.69) is 43.9 Å². The molecular weight excluding hydrogens is 979 g/mol. The van der Waals surface area contributed by atoms with Crippen LogP contribution in [0.1, 0.15) is 75.3 Å². The molecule has 6 atom stereocenters. The minimum atomic E-state index is -1.53. The van der Waals surface area contributed by atoms with E-state index in [0.717, 1.165) is 23.6 Å². The summed E-state index contributed by atoms with van der Waals surface area (Å²) in [5.74, 6) is -10.9. The molecule has 0 bridgehead atoms. The lowest BCUT2D eigenvalue weighted by atomic mass is 9.89. The zero-order chi connectivity index (χ0) is 54.6. The number of ketones is 2. The molecule has 0 radical (unpaired) electrons. The number of benzene rings is 2. The highest BCUT2D eigenvalue weighted by molar-refractivity contribution is 7.80. The number of carboxylic acids is 4. The number of hydrogen-bond donors (Lipinski definition) is 10. The highest BCUT2D eigenvalue weighted by Crippen LogP contribution is 2.17. The minimum Gasteiger partial charge on any atom is -0.481 e. The lowest BCUT2D eigenvalue weighted by Crippen LogP contribution is -2.53. The number of nitrogens with zero attached hydrogens (tertiary/aromatic N) is 2. The van der Waals surface area contributed by atoms with Gasteiger partial charge in [0, 0.05) is 57.4 Å². The van der Waals surface area contributed by atoms with Gasteiger partial charge in [-0.05, 0) is 50.3 Å². The lowest BCUT2D eigenvalue weighted by molar-refractivity contribution is -0.421. The molecule has 0 saturated carbocycles. The van der Waals surface area contributed by atoms with Crippen LogP contribution in [-0.2, 0) is 70.3 Å². The Bertz CT molecular complexity index is 2300. The van der Waals surface area contributed by atoms with E-state index in [1.54, 1.807) is 60.7 Å². The first-order chi connectivity index (χ1) is 34.6. The molecule has 2 aromatic rings. The number of carbonyl (C=O) groups excluding carboxylic acids is 8. The summed E-state index contributed by atoms with van der Waals surface area (Å²) in [6, 6.07) is 11.1. The minimum absolute atomic E-state index is 0.00972. The van der Waals surface area contributed by atoms with Crippen LogP contribution in [-0.4, -0.2) is 171 Å². The summed E-state index contributed by atoms with van der Waals surface area (Å²) < 4.78 is 5.40. The number of nitrogens with one attached hydrogen (secondary N) is 5. The summed E-state index contributed by atoms with van der Waals surface area (Å²) in [5.41, 5.74) is 0.836. The van der Waals surface area contributed by atoms with Gasteiger partial charge in [-0.15, -0.1) is 0 Å². The van der Waals surface area contributed by atoms with Gasteiger partial charge >= 0.3 is 41.7 Å². The van der Waals surface area contributed by atoms with Gasteiger partial charge in [0.15, 0.2) is 18.1 Å². The fraction of sp³-hybridized carbons (Fsp3) is 0.479. The fourth-order valence-electron chi connectivity index (χ4n) is 7.26. The van der Waals surface area contributed by atoms with E-state index >= 15 is 0 Å². The molecule has 73 heavy (non-hydrogen) atoms. The number of urea groups is 1. The first kappa shape index (κ1) is 61.6. The van der Waals surface area contributed by atoms with Crippen molar-refractivity contribution < 1.29 is 87.3 Å². The van der Waals surface area contributed by atoms with E-state index in [1.807, 2.05) is 0 Å². The van der Waals surface area contributed by atoms with Crippen LogP contribution in [0.15, 0.2) is 60.7 Å². The second kappa shape index (κ2) is 32.4. The second-order valence-electron chi connectivity index (χ2n) is 16.8. The standard InChI is InChI=1S/C48H63N7O17S/c1-49-35(44(65)54(2)36(25-42(62)63)45(66)55(3)37(27-73)47(69)70)26-50-43(64)31(22-29-12-6-4-7-13-29)24-38(58)34(23-30-14-8-5-9-15-30)51-39(59)17-11-10-16-32(57)18-19-33(46(67)68)52-48(71)53-40(72-28-56)20-21-41(60)61/h4-9,12-15,28,31,33-35,37,40,49H,10-11,16-27H2,1-3H3,(H8-,50,51,52,53,59,60,61,62,63,64,67,68,69,70,71,73)/p+1/t31-,33+,34+,35+,37+,40-/m1/s1. The summed E-state index contributed by atoms with van der Waals surface area (Å²) in [5, 5.41) is 50.0. The average molecular weight is 1040 g/mol. The summed E-state index contributed by atoms with van der Waals surface area (Å²) in [4.78, 5) is 151. The number of rotatable bonds is 35. The van der Waals surface area contributed by atoms with Crippen molar-refractivity contribution in [3.05, 3.63) is 71.8 Å². The highest BCUT2D eigenvalue weighted by Gasteiger charge is 2.38. The molecule has 0 fully saturated rings. The van der Waals surface area contributed by atoms with Crippen LogP contribution in [0.4, 0.5) is 4.79 Å². The molecule has 6 amide bonds. The predicted molar refractivity (Wildman–Crippen MR) is 261 cm³/mol. The van der Waals surface area contributed by atoms with Crippen LogP contribution in [0.2, 0.25) is 0 Å². The van der Waals surface area contributed by atoms with Gasteiger partial charge in [0.1, 0.15) is 31.3 Å². The third-order valence-corrected chi connectivity index (χ3v) is 11.7. The number of aliphatic carboxylic acids is 4. The van der Waals surface area contributed by atoms with E-state index in [9.17, 15) is 72.9 Å². The maximum Gasteiger partial charge on any atom is 0.405 e. The molecule has 398 valence electrons. The van der Waals surface area contributed by atoms with Crippen LogP contribution in [0.5, 0.6) is 0 Å². The van der Waals surface area contributed by atoms with Gasteiger partial charge in [-0.25, -0.2) is 19.2 Å². The van der Waals surface area contributed by atoms with Gasteiger partial charge in [-0.3, -0.25) is 38.4 Å².